The molecule has 250 valence electrons. The van der Waals surface area contributed by atoms with Crippen LogP contribution in [0.5, 0.6) is 0 Å². The second-order valence-electron chi connectivity index (χ2n) is 14.1. The molecule has 0 aliphatic heterocycles. The number of hydrogen-bond donors (Lipinski definition) is 0. The van der Waals surface area contributed by atoms with Gasteiger partial charge in [-0.1, -0.05) is 140 Å². The van der Waals surface area contributed by atoms with Crippen LogP contribution < -0.4 is 4.90 Å². The molecule has 1 aliphatic carbocycles. The summed E-state index contributed by atoms with van der Waals surface area (Å²) in [5, 5.41) is 4.75. The Morgan fingerprint density at radius 1 is 0.453 bits per heavy atom. The smallest absolute Gasteiger partial charge is 0.137 e. The third-order valence-corrected chi connectivity index (χ3v) is 12.5. The zero-order valence-electron chi connectivity index (χ0n) is 29.1. The Morgan fingerprint density at radius 2 is 1.08 bits per heavy atom. The van der Waals surface area contributed by atoms with Crippen molar-refractivity contribution in [3.63, 3.8) is 0 Å². The first-order valence-electron chi connectivity index (χ1n) is 18.2. The van der Waals surface area contributed by atoms with E-state index in [1.54, 1.807) is 0 Å². The molecule has 0 atom stereocenters. The number of thiophene rings is 1. The maximum absolute atomic E-state index is 6.70. The lowest BCUT2D eigenvalue weighted by Gasteiger charge is -2.36. The van der Waals surface area contributed by atoms with E-state index in [0.29, 0.717) is 0 Å². The van der Waals surface area contributed by atoms with Crippen LogP contribution in [-0.2, 0) is 5.41 Å². The van der Waals surface area contributed by atoms with E-state index >= 15 is 0 Å². The summed E-state index contributed by atoms with van der Waals surface area (Å²) < 4.78 is 9.25. The zero-order chi connectivity index (χ0) is 35.1. The molecule has 0 bridgehead atoms. The Bertz CT molecular complexity index is 2980. The van der Waals surface area contributed by atoms with Crippen LogP contribution in [0, 0.1) is 0 Å². The molecule has 2 aromatic heterocycles. The van der Waals surface area contributed by atoms with Gasteiger partial charge in [0.2, 0.25) is 0 Å². The summed E-state index contributed by atoms with van der Waals surface area (Å²) in [5.41, 5.74) is 13.5. The lowest BCUT2D eigenvalue weighted by Crippen LogP contribution is -2.26. The molecule has 0 fully saturated rings. The van der Waals surface area contributed by atoms with Gasteiger partial charge in [-0.05, 0) is 88.3 Å². The minimum absolute atomic E-state index is 0.456. The molecule has 10 aromatic rings. The number of hydrogen-bond acceptors (Lipinski definition) is 3. The van der Waals surface area contributed by atoms with Gasteiger partial charge < -0.3 is 9.32 Å². The van der Waals surface area contributed by atoms with Gasteiger partial charge in [-0.15, -0.1) is 11.3 Å². The summed E-state index contributed by atoms with van der Waals surface area (Å²) in [6.45, 7) is 2.42. The topological polar surface area (TPSA) is 16.4 Å². The number of benzene rings is 8. The van der Waals surface area contributed by atoms with Crippen LogP contribution in [0.2, 0.25) is 0 Å². The minimum atomic E-state index is -0.456. The predicted octanol–water partition coefficient (Wildman–Crippen LogP) is 14.4. The van der Waals surface area contributed by atoms with Gasteiger partial charge in [-0.25, -0.2) is 0 Å². The van der Waals surface area contributed by atoms with Crippen molar-refractivity contribution < 1.29 is 4.42 Å². The largest absolute Gasteiger partial charge is 0.456 e. The Balaban J connectivity index is 1.30. The second-order valence-corrected chi connectivity index (χ2v) is 15.2. The number of nitrogens with zero attached hydrogens (tertiary/aromatic N) is 1. The van der Waals surface area contributed by atoms with Crippen molar-refractivity contribution in [2.75, 3.05) is 4.90 Å². The molecule has 0 saturated carbocycles. The molecule has 8 aromatic carbocycles. The normalized spacial score (nSPS) is 13.2. The van der Waals surface area contributed by atoms with Crippen LogP contribution in [0.15, 0.2) is 186 Å². The number of fused-ring (bicyclic) bond motifs is 9. The van der Waals surface area contributed by atoms with Crippen LogP contribution in [-0.4, -0.2) is 0 Å². The molecule has 3 heteroatoms. The summed E-state index contributed by atoms with van der Waals surface area (Å²) in [7, 11) is 0. The van der Waals surface area contributed by atoms with E-state index < -0.39 is 5.41 Å². The highest BCUT2D eigenvalue weighted by atomic mass is 32.1. The number of anilines is 3. The lowest BCUT2D eigenvalue weighted by atomic mass is 9.72. The van der Waals surface area contributed by atoms with Crippen molar-refractivity contribution >= 4 is 70.5 Å². The van der Waals surface area contributed by atoms with Crippen LogP contribution in [0.4, 0.5) is 17.1 Å². The number of furan rings is 1. The number of para-hydroxylation sites is 1. The Labute approximate surface area is 311 Å². The quantitative estimate of drug-likeness (QED) is 0.178. The van der Waals surface area contributed by atoms with Crippen molar-refractivity contribution in [3.05, 3.63) is 199 Å². The third-order valence-electron chi connectivity index (χ3n) is 11.4. The Kier molecular flexibility index (Phi) is 6.58. The highest BCUT2D eigenvalue weighted by molar-refractivity contribution is 7.26. The molecule has 0 amide bonds. The van der Waals surface area contributed by atoms with Gasteiger partial charge in [0.05, 0.1) is 16.8 Å². The predicted molar refractivity (Wildman–Crippen MR) is 224 cm³/mol. The molecule has 11 rings (SSSR count). The van der Waals surface area contributed by atoms with Crippen molar-refractivity contribution in [1.29, 1.82) is 0 Å². The third kappa shape index (κ3) is 4.38. The van der Waals surface area contributed by atoms with Crippen LogP contribution in [0.1, 0.15) is 23.6 Å². The lowest BCUT2D eigenvalue weighted by molar-refractivity contribution is 0.667. The fraction of sp³-hybridized carbons (Fsp3) is 0.0400. The molecule has 2 nitrogen and oxygen atoms in total. The van der Waals surface area contributed by atoms with E-state index in [0.717, 1.165) is 39.0 Å². The van der Waals surface area contributed by atoms with Gasteiger partial charge in [-0.3, -0.25) is 0 Å². The van der Waals surface area contributed by atoms with Crippen molar-refractivity contribution in [2.24, 2.45) is 0 Å². The highest BCUT2D eigenvalue weighted by Gasteiger charge is 2.43. The average Bonchev–Trinajstić information content (AvgIpc) is 3.88. The standard InChI is InChI=1S/C50H33NOS/c1-50(39-20-9-5-16-35(39)36-17-6-10-21-40(36)50)41-30-31-44-48(37-18-7-11-23-43(37)52-44)49(41)51(34-28-26-33(27-29-34)32-14-3-2-4-15-32)42-22-13-25-46-47(42)38-19-8-12-24-45(38)53-46/h2-31H,1H3. The van der Waals surface area contributed by atoms with Gasteiger partial charge in [0.25, 0.3) is 0 Å². The molecule has 0 radical (unpaired) electrons. The monoisotopic (exact) mass is 695 g/mol. The summed E-state index contributed by atoms with van der Waals surface area (Å²) in [5.74, 6) is 0. The molecule has 2 heterocycles. The summed E-state index contributed by atoms with van der Waals surface area (Å²) in [6, 6.07) is 66.3. The first-order chi connectivity index (χ1) is 26.2. The fourth-order valence-electron chi connectivity index (χ4n) is 8.94. The summed E-state index contributed by atoms with van der Waals surface area (Å²) >= 11 is 1.86. The van der Waals surface area contributed by atoms with Gasteiger partial charge in [-0.2, -0.15) is 0 Å². The van der Waals surface area contributed by atoms with Gasteiger partial charge >= 0.3 is 0 Å². The summed E-state index contributed by atoms with van der Waals surface area (Å²) in [6.07, 6.45) is 0. The Hall–Kier alpha value is -6.42. The molecule has 0 unspecified atom stereocenters. The van der Waals surface area contributed by atoms with Crippen LogP contribution in [0.25, 0.3) is 64.4 Å². The van der Waals surface area contributed by atoms with Gasteiger partial charge in [0.15, 0.2) is 0 Å². The molecular weight excluding hydrogens is 663 g/mol. The average molecular weight is 696 g/mol. The van der Waals surface area contributed by atoms with E-state index in [1.807, 2.05) is 11.3 Å². The van der Waals surface area contributed by atoms with E-state index in [-0.39, 0.29) is 0 Å². The number of rotatable bonds is 5. The zero-order valence-corrected chi connectivity index (χ0v) is 29.9. The molecule has 0 spiro atoms. The molecule has 53 heavy (non-hydrogen) atoms. The van der Waals surface area contributed by atoms with Crippen molar-refractivity contribution in [1.82, 2.24) is 0 Å². The van der Waals surface area contributed by atoms with Gasteiger partial charge in [0, 0.05) is 36.7 Å². The van der Waals surface area contributed by atoms with Crippen molar-refractivity contribution in [3.8, 4) is 22.3 Å². The van der Waals surface area contributed by atoms with E-state index in [1.165, 1.54) is 59.1 Å². The van der Waals surface area contributed by atoms with E-state index in [9.17, 15) is 0 Å². The SMILES string of the molecule is CC1(c2ccc3oc4ccccc4c3c2N(c2ccc(-c3ccccc3)cc2)c2cccc3sc4ccccc4c23)c2ccccc2-c2ccccc21. The maximum Gasteiger partial charge on any atom is 0.137 e. The maximum atomic E-state index is 6.70. The molecule has 1 aliphatic rings. The first-order valence-corrected chi connectivity index (χ1v) is 19.0. The first kappa shape index (κ1) is 30.2. The van der Waals surface area contributed by atoms with Crippen LogP contribution in [0.3, 0.4) is 0 Å². The molecule has 0 saturated heterocycles. The van der Waals surface area contributed by atoms with E-state index in [4.69, 9.17) is 4.42 Å². The van der Waals surface area contributed by atoms with Crippen molar-refractivity contribution in [2.45, 2.75) is 12.3 Å². The van der Waals surface area contributed by atoms with E-state index in [2.05, 4.69) is 194 Å². The molecule has 0 N–H and O–H groups in total. The fourth-order valence-corrected chi connectivity index (χ4v) is 10.1. The molecular formula is C50H33NOS. The Morgan fingerprint density at radius 3 is 1.85 bits per heavy atom. The summed E-state index contributed by atoms with van der Waals surface area (Å²) in [4.78, 5) is 2.53. The minimum Gasteiger partial charge on any atom is -0.456 e. The second kappa shape index (κ2) is 11.5. The van der Waals surface area contributed by atoms with Crippen LogP contribution >= 0.6 is 11.3 Å². The van der Waals surface area contributed by atoms with Gasteiger partial charge in [0.1, 0.15) is 11.2 Å². The highest BCUT2D eigenvalue weighted by Crippen LogP contribution is 2.58.